The average Bonchev–Trinajstić information content (AvgIpc) is 1.14. The number of aryl methyl sites for hydroxylation is 1. The predicted octanol–water partition coefficient (Wildman–Crippen LogP) is 10.2. The second-order valence-corrected chi connectivity index (χ2v) is 29.9. The molecule has 0 saturated carbocycles. The molecule has 0 amide bonds. The van der Waals surface area contributed by atoms with Crippen LogP contribution in [-0.2, 0) is 0 Å². The first kappa shape index (κ1) is 56.5. The zero-order chi connectivity index (χ0) is 70.8. The van der Waals surface area contributed by atoms with Crippen LogP contribution in [0.5, 0.6) is 51.7 Å². The van der Waals surface area contributed by atoms with E-state index >= 15 is 0 Å². The van der Waals surface area contributed by atoms with Gasteiger partial charge < -0.3 is 0 Å². The predicted molar refractivity (Wildman–Crippen MR) is 355 cm³/mol. The number of para-hydroxylation sites is 5. The van der Waals surface area contributed by atoms with E-state index in [0.29, 0.717) is 38.0 Å². The molecule has 444 valence electrons. The molecule has 0 unspecified atom stereocenters. The quantitative estimate of drug-likeness (QED) is 0.0487. The van der Waals surface area contributed by atoms with Crippen molar-refractivity contribution >= 4 is 136 Å². The van der Waals surface area contributed by atoms with E-state index in [1.165, 1.54) is 10.0 Å². The first-order valence-corrected chi connectivity index (χ1v) is 37.5. The molecule has 0 fully saturated rings. The Morgan fingerprint density at radius 1 is 0.346 bits per heavy atom. The van der Waals surface area contributed by atoms with E-state index in [0.717, 1.165) is 55.5 Å². The van der Waals surface area contributed by atoms with Crippen LogP contribution in [-0.4, -0.2) is 169 Å². The van der Waals surface area contributed by atoms with Gasteiger partial charge in [-0.25, -0.2) is 0 Å². The Morgan fingerprint density at radius 3 is 1.09 bits per heavy atom. The fourth-order valence-corrected chi connectivity index (χ4v) is 14.8. The molecule has 0 heterocycles. The van der Waals surface area contributed by atoms with Gasteiger partial charge in [0.1, 0.15) is 0 Å². The number of benzene rings is 7. The SMILES string of the molecule is COc1cc([Se]C)ccc1C.[1H][13C@@]([2H])(C)[Se]c1ccccc1OC.[1H][13C@]([2H])(C)[Se]c1ccccc1OC.[1H][13C]([1H])(C)[Se]c1ccccc1OC.[1H][C@@]([2H])(C)[Se]c1cccc(OC)c1OC.[1H][C@]([2H])(C)[Se]c1ccc(OC)c(OC)c1.[2H][13C]([2H])(C)[Se]c1ccccc1OC. The van der Waals surface area contributed by atoms with E-state index in [4.69, 9.17) is 59.1 Å². The Morgan fingerprint density at radius 2 is 0.704 bits per heavy atom. The normalized spacial score (nSPS) is 15.3. The van der Waals surface area contributed by atoms with Gasteiger partial charge >= 0.3 is 554 Å². The van der Waals surface area contributed by atoms with Crippen molar-refractivity contribution in [3.05, 3.63) is 157 Å². The van der Waals surface area contributed by atoms with Gasteiger partial charge in [0.2, 0.25) is 0 Å². The van der Waals surface area contributed by atoms with Crippen LogP contribution in [0, 0.1) is 6.92 Å². The molecule has 0 saturated heterocycles. The molecule has 0 bridgehead atoms. The van der Waals surface area contributed by atoms with E-state index in [2.05, 4.69) is 30.9 Å². The van der Waals surface area contributed by atoms with E-state index in [-0.39, 0.29) is 89.7 Å². The van der Waals surface area contributed by atoms with Crippen LogP contribution in [0.15, 0.2) is 152 Å². The fraction of sp³-hybridized carbons (Fsp3) is 0.354. The summed E-state index contributed by atoms with van der Waals surface area (Å²) in [6.45, 7) is 11.6. The Balaban J connectivity index is 0.000000543. The van der Waals surface area contributed by atoms with Crippen molar-refractivity contribution in [1.29, 1.82) is 0 Å². The second kappa shape index (κ2) is 48.7. The summed E-state index contributed by atoms with van der Waals surface area (Å²) in [5, 5.41) is -6.83. The molecule has 7 rings (SSSR count). The fourth-order valence-electron chi connectivity index (χ4n) is 6.23. The van der Waals surface area contributed by atoms with Crippen LogP contribution in [0.3, 0.4) is 0 Å². The average molecular weight is 1580 g/mol. The van der Waals surface area contributed by atoms with Crippen LogP contribution in [0.4, 0.5) is 0 Å². The summed E-state index contributed by atoms with van der Waals surface area (Å²) < 4.78 is 144. The van der Waals surface area contributed by atoms with Gasteiger partial charge in [-0.05, 0) is 0 Å². The van der Waals surface area contributed by atoms with Gasteiger partial charge in [0.25, 0.3) is 0 Å². The molecule has 0 aromatic heterocycles. The molecular formula is C65H88O9Se7. The minimum absolute atomic E-state index is 0.195. The molecule has 81 heavy (non-hydrogen) atoms. The second-order valence-electron chi connectivity index (χ2n) is 14.8. The first-order chi connectivity index (χ1) is 43.3. The van der Waals surface area contributed by atoms with E-state index in [9.17, 15) is 0 Å². The third-order valence-corrected chi connectivity index (χ3v) is 20.8. The van der Waals surface area contributed by atoms with Gasteiger partial charge in [0.15, 0.2) is 0 Å². The Hall–Kier alpha value is -3.62. The van der Waals surface area contributed by atoms with Crippen molar-refractivity contribution < 1.29 is 59.1 Å². The van der Waals surface area contributed by atoms with Crippen LogP contribution in [0.2, 0.25) is 37.5 Å². The number of ether oxygens (including phenoxy) is 9. The van der Waals surface area contributed by atoms with Gasteiger partial charge in [-0.15, -0.1) is 0 Å². The van der Waals surface area contributed by atoms with Crippen LogP contribution in [0.25, 0.3) is 0 Å². The molecule has 0 N–H and O–H groups in total. The third-order valence-electron chi connectivity index (χ3n) is 9.89. The van der Waals surface area contributed by atoms with Crippen molar-refractivity contribution in [1.82, 2.24) is 0 Å². The molecule has 9 nitrogen and oxygen atoms in total. The molecule has 0 radical (unpaired) electrons. The molecule has 16 heteroatoms. The van der Waals surface area contributed by atoms with Crippen molar-refractivity contribution in [2.24, 2.45) is 0 Å². The van der Waals surface area contributed by atoms with Crippen LogP contribution in [0.1, 0.15) is 63.6 Å². The van der Waals surface area contributed by atoms with Gasteiger partial charge in [0.05, 0.1) is 0 Å². The van der Waals surface area contributed by atoms with E-state index in [1.54, 1.807) is 106 Å². The Bertz CT molecular complexity index is 3010. The Kier molecular flexibility index (Phi) is 34.0. The molecular weight excluding hydrogens is 1480 g/mol. The molecule has 0 aliphatic rings. The minimum atomic E-state index is -1.19. The van der Waals surface area contributed by atoms with E-state index < -0.39 is 31.6 Å². The van der Waals surface area contributed by atoms with Gasteiger partial charge in [0, 0.05) is 0 Å². The maximum absolute atomic E-state index is 7.57. The number of rotatable bonds is 22. The summed E-state index contributed by atoms with van der Waals surface area (Å²) >= 11 is -0.709. The van der Waals surface area contributed by atoms with Crippen molar-refractivity contribution in [2.45, 2.75) is 85.9 Å². The van der Waals surface area contributed by atoms with Crippen molar-refractivity contribution in [3.8, 4) is 51.7 Å². The van der Waals surface area contributed by atoms with E-state index in [1.807, 2.05) is 133 Å². The number of hydrogen-bond donors (Lipinski definition) is 0. The summed E-state index contributed by atoms with van der Waals surface area (Å²) in [5.74, 6) is 8.98. The molecule has 0 aliphatic heterocycles. The molecule has 0 spiro atoms. The number of methoxy groups -OCH3 is 9. The number of hydrogen-bond acceptors (Lipinski definition) is 9. The van der Waals surface area contributed by atoms with Crippen LogP contribution < -0.4 is 73.9 Å². The summed E-state index contributed by atoms with van der Waals surface area (Å²) in [7, 11) is 14.5. The molecule has 7 aromatic rings. The summed E-state index contributed by atoms with van der Waals surface area (Å²) in [6, 6.07) is 47.8. The summed E-state index contributed by atoms with van der Waals surface area (Å²) in [4.78, 5) is 0. The van der Waals surface area contributed by atoms with Crippen molar-refractivity contribution in [3.63, 3.8) is 0 Å². The standard InChI is InChI=1S/2C10H14O2Se.5C9H12OSe/c1-4-13-8-5-6-9(11-2)10(7-8)12-3;1-4-13-9-7-5-6-8(11-2)10(9)12-3;1-7-4-5-8(11-3)6-9(7)10-2;4*1-3-11-9-7-5-4-6-8(9)10-2/h2*5-7H,4H2,1-3H3;4-6H,1-3H3;4*4-7H,3H2,1-2H3/i2*4DH;;3+1D2;2*3+1DH;3+1H2/t2*4-;;;2*3-;/m01..10./s1. The third kappa shape index (κ3) is 30.2. The molecule has 0 aliphatic carbocycles. The summed E-state index contributed by atoms with van der Waals surface area (Å²) in [6.07, 6.45) is 0. The Labute approximate surface area is 549 Å². The van der Waals surface area contributed by atoms with Crippen molar-refractivity contribution in [2.75, 3.05) is 64.0 Å². The monoisotopic (exact) mass is 1580 g/mol. The zero-order valence-corrected chi connectivity index (χ0v) is 61.5. The maximum atomic E-state index is 7.57. The van der Waals surface area contributed by atoms with Crippen LogP contribution >= 0.6 is 0 Å². The zero-order valence-electron chi connectivity index (χ0n) is 61.5. The topological polar surface area (TPSA) is 83.1 Å². The van der Waals surface area contributed by atoms with Gasteiger partial charge in [-0.3, -0.25) is 0 Å². The molecule has 4 atom stereocenters. The summed E-state index contributed by atoms with van der Waals surface area (Å²) in [5.41, 5.74) is 1.21. The molecule has 7 aromatic carbocycles. The van der Waals surface area contributed by atoms with Gasteiger partial charge in [-0.1, -0.05) is 0 Å². The van der Waals surface area contributed by atoms with Gasteiger partial charge in [-0.2, -0.15) is 0 Å². The first-order valence-electron chi connectivity index (χ1n) is 30.6.